The van der Waals surface area contributed by atoms with Crippen molar-refractivity contribution in [2.24, 2.45) is 0 Å². The van der Waals surface area contributed by atoms with Crippen molar-refractivity contribution in [3.8, 4) is 11.7 Å². The lowest BCUT2D eigenvalue weighted by atomic mass is 10.5. The van der Waals surface area contributed by atoms with Crippen LogP contribution in [-0.4, -0.2) is 20.1 Å². The van der Waals surface area contributed by atoms with Gasteiger partial charge in [-0.2, -0.15) is 4.98 Å². The smallest absolute Gasteiger partial charge is 0.295 e. The summed E-state index contributed by atoms with van der Waals surface area (Å²) in [5.74, 6) is 1.16. The Labute approximate surface area is 78.8 Å². The van der Waals surface area contributed by atoms with Crippen LogP contribution in [0, 0.1) is 6.92 Å². The number of hydrogen-bond acceptors (Lipinski definition) is 5. The predicted octanol–water partition coefficient (Wildman–Crippen LogP) is 1.49. The molecular weight excluding hydrogens is 192 g/mol. The maximum atomic E-state index is 5.66. The first-order valence-electron chi connectivity index (χ1n) is 3.55. The van der Waals surface area contributed by atoms with Crippen LogP contribution in [0.25, 0.3) is 11.7 Å². The highest BCUT2D eigenvalue weighted by Crippen LogP contribution is 2.13. The molecule has 6 heteroatoms. The molecule has 0 N–H and O–H groups in total. The van der Waals surface area contributed by atoms with Crippen LogP contribution in [0.4, 0.5) is 0 Å². The third-order valence-electron chi connectivity index (χ3n) is 1.34. The van der Waals surface area contributed by atoms with Gasteiger partial charge >= 0.3 is 0 Å². The largest absolute Gasteiger partial charge is 0.330 e. The van der Waals surface area contributed by atoms with Gasteiger partial charge in [0.1, 0.15) is 5.15 Å². The van der Waals surface area contributed by atoms with Crippen LogP contribution in [0.2, 0.25) is 5.15 Å². The zero-order valence-corrected chi connectivity index (χ0v) is 7.49. The molecule has 0 aliphatic carbocycles. The molecule has 5 nitrogen and oxygen atoms in total. The Balaban J connectivity index is 2.46. The summed E-state index contributed by atoms with van der Waals surface area (Å²) in [6.45, 7) is 1.72. The maximum Gasteiger partial charge on any atom is 0.295 e. The summed E-state index contributed by atoms with van der Waals surface area (Å²) in [6.07, 6.45) is 1.53. The summed E-state index contributed by atoms with van der Waals surface area (Å²) in [5.41, 5.74) is 0. The topological polar surface area (TPSA) is 64.7 Å². The Morgan fingerprint density at radius 2 is 2.23 bits per heavy atom. The number of nitrogens with zero attached hydrogens (tertiary/aromatic N) is 4. The lowest BCUT2D eigenvalue weighted by Crippen LogP contribution is -1.88. The zero-order chi connectivity index (χ0) is 9.26. The van der Waals surface area contributed by atoms with Gasteiger partial charge in [0, 0.05) is 6.20 Å². The molecule has 0 atom stereocenters. The Hall–Kier alpha value is -1.49. The highest BCUT2D eigenvalue weighted by molar-refractivity contribution is 6.29. The summed E-state index contributed by atoms with van der Waals surface area (Å²) in [4.78, 5) is 11.8. The fourth-order valence-electron chi connectivity index (χ4n) is 0.828. The first kappa shape index (κ1) is 8.12. The molecule has 0 amide bonds. The summed E-state index contributed by atoms with van der Waals surface area (Å²) in [7, 11) is 0. The van der Waals surface area contributed by atoms with Crippen molar-refractivity contribution >= 4 is 11.6 Å². The van der Waals surface area contributed by atoms with Crippen molar-refractivity contribution in [1.29, 1.82) is 0 Å². The van der Waals surface area contributed by atoms with Gasteiger partial charge in [0.05, 0.1) is 0 Å². The van der Waals surface area contributed by atoms with Gasteiger partial charge in [-0.25, -0.2) is 9.97 Å². The third kappa shape index (κ3) is 1.65. The molecular formula is C7H5ClN4O. The molecule has 2 rings (SSSR count). The van der Waals surface area contributed by atoms with Gasteiger partial charge in [-0.15, -0.1) is 0 Å². The molecule has 66 valence electrons. The summed E-state index contributed by atoms with van der Waals surface area (Å²) >= 11 is 5.66. The number of aromatic nitrogens is 4. The molecule has 0 radical (unpaired) electrons. The molecule has 13 heavy (non-hydrogen) atoms. The number of rotatable bonds is 1. The Morgan fingerprint density at radius 3 is 2.85 bits per heavy atom. The molecule has 0 aliphatic heterocycles. The first-order valence-corrected chi connectivity index (χ1v) is 3.93. The van der Waals surface area contributed by atoms with Gasteiger partial charge in [0.25, 0.3) is 5.89 Å². The fourth-order valence-corrected chi connectivity index (χ4v) is 0.964. The van der Waals surface area contributed by atoms with Crippen molar-refractivity contribution in [2.75, 3.05) is 0 Å². The summed E-state index contributed by atoms with van der Waals surface area (Å²) < 4.78 is 4.86. The van der Waals surface area contributed by atoms with Crippen molar-refractivity contribution in [2.45, 2.75) is 6.92 Å². The van der Waals surface area contributed by atoms with E-state index in [1.165, 1.54) is 6.20 Å². The maximum absolute atomic E-state index is 5.66. The SMILES string of the molecule is Cc1noc(-c2nccc(Cl)n2)n1. The standard InChI is InChI=1S/C7H5ClN4O/c1-4-10-7(13-12-4)6-9-3-2-5(8)11-6/h2-3H,1H3. The summed E-state index contributed by atoms with van der Waals surface area (Å²) in [5, 5.41) is 3.96. The van der Waals surface area contributed by atoms with Crippen LogP contribution in [0.5, 0.6) is 0 Å². The fraction of sp³-hybridized carbons (Fsp3) is 0.143. The highest BCUT2D eigenvalue weighted by atomic mass is 35.5. The lowest BCUT2D eigenvalue weighted by Gasteiger charge is -1.91. The second-order valence-electron chi connectivity index (χ2n) is 2.35. The summed E-state index contributed by atoms with van der Waals surface area (Å²) in [6, 6.07) is 1.58. The second kappa shape index (κ2) is 3.10. The van der Waals surface area contributed by atoms with Crippen molar-refractivity contribution < 1.29 is 4.52 Å². The van der Waals surface area contributed by atoms with E-state index in [9.17, 15) is 0 Å². The molecule has 2 heterocycles. The van der Waals surface area contributed by atoms with E-state index in [0.717, 1.165) is 0 Å². The molecule has 0 unspecified atom stereocenters. The van der Waals surface area contributed by atoms with Gasteiger partial charge in [0.15, 0.2) is 5.82 Å². The van der Waals surface area contributed by atoms with Crippen molar-refractivity contribution in [1.82, 2.24) is 20.1 Å². The van der Waals surface area contributed by atoms with E-state index in [4.69, 9.17) is 16.1 Å². The van der Waals surface area contributed by atoms with Crippen LogP contribution in [-0.2, 0) is 0 Å². The van der Waals surface area contributed by atoms with Crippen molar-refractivity contribution in [3.63, 3.8) is 0 Å². The van der Waals surface area contributed by atoms with Crippen LogP contribution < -0.4 is 0 Å². The molecule has 0 fully saturated rings. The van der Waals surface area contributed by atoms with Gasteiger partial charge in [-0.3, -0.25) is 0 Å². The van der Waals surface area contributed by atoms with E-state index in [0.29, 0.717) is 16.8 Å². The number of hydrogen-bond donors (Lipinski definition) is 0. The van der Waals surface area contributed by atoms with Gasteiger partial charge in [-0.05, 0) is 13.0 Å². The lowest BCUT2D eigenvalue weighted by molar-refractivity contribution is 0.423. The van der Waals surface area contributed by atoms with E-state index in [1.807, 2.05) is 0 Å². The third-order valence-corrected chi connectivity index (χ3v) is 1.55. The van der Waals surface area contributed by atoms with E-state index in [2.05, 4.69) is 20.1 Å². The molecule has 0 bridgehead atoms. The van der Waals surface area contributed by atoms with Crippen LogP contribution in [0.3, 0.4) is 0 Å². The minimum atomic E-state index is 0.278. The van der Waals surface area contributed by atoms with Crippen molar-refractivity contribution in [3.05, 3.63) is 23.2 Å². The predicted molar refractivity (Wildman–Crippen MR) is 45.1 cm³/mol. The number of aryl methyl sites for hydroxylation is 1. The Kier molecular flexibility index (Phi) is 1.94. The average Bonchev–Trinajstić information content (AvgIpc) is 2.52. The molecule has 0 aromatic carbocycles. The minimum Gasteiger partial charge on any atom is -0.330 e. The molecule has 0 saturated heterocycles. The highest BCUT2D eigenvalue weighted by Gasteiger charge is 2.08. The number of halogens is 1. The van der Waals surface area contributed by atoms with E-state index >= 15 is 0 Å². The van der Waals surface area contributed by atoms with Crippen LogP contribution in [0.15, 0.2) is 16.8 Å². The molecule has 2 aromatic rings. The molecule has 2 aromatic heterocycles. The second-order valence-corrected chi connectivity index (χ2v) is 2.74. The van der Waals surface area contributed by atoms with Gasteiger partial charge in [0.2, 0.25) is 5.82 Å². The van der Waals surface area contributed by atoms with Crippen LogP contribution in [0.1, 0.15) is 5.82 Å². The monoisotopic (exact) mass is 196 g/mol. The normalized spacial score (nSPS) is 10.3. The molecule has 0 spiro atoms. The Morgan fingerprint density at radius 1 is 1.38 bits per heavy atom. The van der Waals surface area contributed by atoms with E-state index in [-0.39, 0.29) is 5.89 Å². The van der Waals surface area contributed by atoms with Gasteiger partial charge < -0.3 is 4.52 Å². The first-order chi connectivity index (χ1) is 6.25. The minimum absolute atomic E-state index is 0.278. The molecule has 0 aliphatic rings. The van der Waals surface area contributed by atoms with E-state index < -0.39 is 0 Å². The van der Waals surface area contributed by atoms with Gasteiger partial charge in [-0.1, -0.05) is 16.8 Å². The quantitative estimate of drug-likeness (QED) is 0.647. The molecule has 0 saturated carbocycles. The van der Waals surface area contributed by atoms with E-state index in [1.54, 1.807) is 13.0 Å². The zero-order valence-electron chi connectivity index (χ0n) is 6.73. The van der Waals surface area contributed by atoms with Crippen LogP contribution >= 0.6 is 11.6 Å². The average molecular weight is 197 g/mol. The Bertz CT molecular complexity index is 428.